The number of hydrogen-bond donors (Lipinski definition) is 1. The van der Waals surface area contributed by atoms with E-state index < -0.39 is 0 Å². The van der Waals surface area contributed by atoms with Crippen molar-refractivity contribution >= 4 is 17.0 Å². The van der Waals surface area contributed by atoms with Crippen LogP contribution in [-0.2, 0) is 13.0 Å². The van der Waals surface area contributed by atoms with Gasteiger partial charge in [-0.2, -0.15) is 0 Å². The normalized spacial score (nSPS) is 12.4. The summed E-state index contributed by atoms with van der Waals surface area (Å²) in [5.41, 5.74) is 6.96. The lowest BCUT2D eigenvalue weighted by Crippen LogP contribution is -2.31. The van der Waals surface area contributed by atoms with Gasteiger partial charge in [-0.3, -0.25) is 0 Å². The van der Waals surface area contributed by atoms with E-state index in [1.807, 2.05) is 30.1 Å². The van der Waals surface area contributed by atoms with E-state index in [1.54, 1.807) is 11.3 Å². The molecule has 0 spiro atoms. The summed E-state index contributed by atoms with van der Waals surface area (Å²) in [6, 6.07) is 9.61. The Balaban J connectivity index is 2.12. The van der Waals surface area contributed by atoms with Gasteiger partial charge in [0.25, 0.3) is 0 Å². The average molecular weight is 278 g/mol. The van der Waals surface area contributed by atoms with E-state index in [1.165, 1.54) is 10.9 Å². The lowest BCUT2D eigenvalue weighted by molar-refractivity contribution is 0.603. The van der Waals surface area contributed by atoms with Crippen molar-refractivity contribution in [2.24, 2.45) is 5.73 Å². The maximum atomic E-state index is 14.0. The second-order valence-electron chi connectivity index (χ2n) is 4.73. The Labute approximate surface area is 117 Å². The summed E-state index contributed by atoms with van der Waals surface area (Å²) in [5, 5.41) is 2.07. The van der Waals surface area contributed by atoms with Crippen LogP contribution in [-0.4, -0.2) is 13.1 Å². The first-order valence-corrected chi connectivity index (χ1v) is 7.23. The molecule has 2 nitrogen and oxygen atoms in total. The maximum Gasteiger partial charge on any atom is 0.146 e. The molecular formula is C15H19FN2S. The van der Waals surface area contributed by atoms with E-state index in [2.05, 4.69) is 18.4 Å². The molecule has 1 aromatic carbocycles. The van der Waals surface area contributed by atoms with Gasteiger partial charge in [-0.25, -0.2) is 4.39 Å². The van der Waals surface area contributed by atoms with Gasteiger partial charge in [0.15, 0.2) is 0 Å². The Bertz CT molecular complexity index is 525. The number of halogens is 1. The fourth-order valence-electron chi connectivity index (χ4n) is 2.06. The summed E-state index contributed by atoms with van der Waals surface area (Å²) in [6.45, 7) is 2.47. The SMILES string of the molecule is CC(Cc1cccs1)N(C)c1ccc(CN)cc1F. The molecule has 0 fully saturated rings. The first-order chi connectivity index (χ1) is 9.11. The van der Waals surface area contributed by atoms with Crippen LogP contribution in [0.15, 0.2) is 35.7 Å². The molecule has 0 saturated carbocycles. The number of nitrogens with zero attached hydrogens (tertiary/aromatic N) is 1. The topological polar surface area (TPSA) is 29.3 Å². The van der Waals surface area contributed by atoms with Crippen LogP contribution in [0, 0.1) is 5.82 Å². The van der Waals surface area contributed by atoms with Crippen LogP contribution >= 0.6 is 11.3 Å². The van der Waals surface area contributed by atoms with Crippen molar-refractivity contribution < 1.29 is 4.39 Å². The lowest BCUT2D eigenvalue weighted by atomic mass is 10.1. The first kappa shape index (κ1) is 14.0. The van der Waals surface area contributed by atoms with Gasteiger partial charge in [0, 0.05) is 30.9 Å². The van der Waals surface area contributed by atoms with E-state index in [4.69, 9.17) is 5.73 Å². The Morgan fingerprint density at radius 3 is 2.74 bits per heavy atom. The molecule has 0 amide bonds. The van der Waals surface area contributed by atoms with E-state index in [0.717, 1.165) is 12.0 Å². The van der Waals surface area contributed by atoms with Gasteiger partial charge in [0.05, 0.1) is 5.69 Å². The third kappa shape index (κ3) is 3.33. The predicted octanol–water partition coefficient (Wildman–Crippen LogP) is 3.41. The fourth-order valence-corrected chi connectivity index (χ4v) is 2.88. The van der Waals surface area contributed by atoms with Gasteiger partial charge < -0.3 is 10.6 Å². The van der Waals surface area contributed by atoms with Gasteiger partial charge in [-0.05, 0) is 36.1 Å². The van der Waals surface area contributed by atoms with Crippen LogP contribution in [0.2, 0.25) is 0 Å². The maximum absolute atomic E-state index is 14.0. The van der Waals surface area contributed by atoms with Crippen molar-refractivity contribution in [3.8, 4) is 0 Å². The zero-order valence-corrected chi connectivity index (χ0v) is 12.1. The number of benzene rings is 1. The van der Waals surface area contributed by atoms with Gasteiger partial charge in [0.1, 0.15) is 5.82 Å². The van der Waals surface area contributed by atoms with Crippen molar-refractivity contribution in [1.82, 2.24) is 0 Å². The van der Waals surface area contributed by atoms with E-state index >= 15 is 0 Å². The summed E-state index contributed by atoms with van der Waals surface area (Å²) in [4.78, 5) is 3.30. The van der Waals surface area contributed by atoms with Crippen LogP contribution in [0.5, 0.6) is 0 Å². The molecule has 4 heteroatoms. The molecule has 0 radical (unpaired) electrons. The largest absolute Gasteiger partial charge is 0.369 e. The van der Waals surface area contributed by atoms with Crippen LogP contribution < -0.4 is 10.6 Å². The molecule has 2 N–H and O–H groups in total. The highest BCUT2D eigenvalue weighted by Crippen LogP contribution is 2.23. The van der Waals surface area contributed by atoms with Crippen LogP contribution in [0.1, 0.15) is 17.4 Å². The Hall–Kier alpha value is -1.39. The van der Waals surface area contributed by atoms with Crippen LogP contribution in [0.3, 0.4) is 0 Å². The summed E-state index contributed by atoms with van der Waals surface area (Å²) in [6.07, 6.45) is 0.923. The summed E-state index contributed by atoms with van der Waals surface area (Å²) >= 11 is 1.74. The molecule has 0 saturated heterocycles. The van der Waals surface area contributed by atoms with Crippen LogP contribution in [0.4, 0.5) is 10.1 Å². The van der Waals surface area contributed by atoms with Gasteiger partial charge in [-0.15, -0.1) is 11.3 Å². The number of thiophene rings is 1. The summed E-state index contributed by atoms with van der Waals surface area (Å²) in [5.74, 6) is -0.205. The summed E-state index contributed by atoms with van der Waals surface area (Å²) in [7, 11) is 1.93. The molecular weight excluding hydrogens is 259 g/mol. The zero-order valence-electron chi connectivity index (χ0n) is 11.3. The first-order valence-electron chi connectivity index (χ1n) is 6.35. The minimum Gasteiger partial charge on any atom is -0.369 e. The van der Waals surface area contributed by atoms with Crippen LogP contribution in [0.25, 0.3) is 0 Å². The highest BCUT2D eigenvalue weighted by Gasteiger charge is 2.15. The van der Waals surface area contributed by atoms with Crippen molar-refractivity contribution in [2.75, 3.05) is 11.9 Å². The second kappa shape index (κ2) is 6.17. The Morgan fingerprint density at radius 1 is 1.37 bits per heavy atom. The van der Waals surface area contributed by atoms with Crippen molar-refractivity contribution in [3.05, 3.63) is 52.0 Å². The Morgan fingerprint density at radius 2 is 2.16 bits per heavy atom. The number of likely N-dealkylation sites (N-methyl/N-ethyl adjacent to an activating group) is 1. The molecule has 1 heterocycles. The number of rotatable bonds is 5. The molecule has 1 atom stereocenters. The third-order valence-electron chi connectivity index (χ3n) is 3.37. The molecule has 19 heavy (non-hydrogen) atoms. The molecule has 0 bridgehead atoms. The minimum absolute atomic E-state index is 0.205. The molecule has 2 rings (SSSR count). The van der Waals surface area contributed by atoms with Crippen molar-refractivity contribution in [1.29, 1.82) is 0 Å². The molecule has 0 aliphatic heterocycles. The zero-order chi connectivity index (χ0) is 13.8. The van der Waals surface area contributed by atoms with E-state index in [0.29, 0.717) is 12.2 Å². The third-order valence-corrected chi connectivity index (χ3v) is 4.26. The number of nitrogens with two attached hydrogens (primary N) is 1. The lowest BCUT2D eigenvalue weighted by Gasteiger charge is -2.27. The summed E-state index contributed by atoms with van der Waals surface area (Å²) < 4.78 is 14.0. The monoisotopic (exact) mass is 278 g/mol. The quantitative estimate of drug-likeness (QED) is 0.908. The Kier molecular flexibility index (Phi) is 4.56. The molecule has 102 valence electrons. The molecule has 2 aromatic rings. The number of hydrogen-bond acceptors (Lipinski definition) is 3. The standard InChI is InChI=1S/C15H19FN2S/c1-11(8-13-4-3-7-19-13)18(2)15-6-5-12(10-17)9-14(15)16/h3-7,9,11H,8,10,17H2,1-2H3. The highest BCUT2D eigenvalue weighted by atomic mass is 32.1. The molecule has 1 aromatic heterocycles. The average Bonchev–Trinajstić information content (AvgIpc) is 2.90. The van der Waals surface area contributed by atoms with Crippen molar-refractivity contribution in [2.45, 2.75) is 25.9 Å². The molecule has 0 aliphatic rings. The van der Waals surface area contributed by atoms with Gasteiger partial charge in [0.2, 0.25) is 0 Å². The smallest absolute Gasteiger partial charge is 0.146 e. The minimum atomic E-state index is -0.205. The fraction of sp³-hybridized carbons (Fsp3) is 0.333. The van der Waals surface area contributed by atoms with E-state index in [-0.39, 0.29) is 11.9 Å². The van der Waals surface area contributed by atoms with Gasteiger partial charge >= 0.3 is 0 Å². The molecule has 1 unspecified atom stereocenters. The second-order valence-corrected chi connectivity index (χ2v) is 5.77. The predicted molar refractivity (Wildman–Crippen MR) is 80.2 cm³/mol. The van der Waals surface area contributed by atoms with E-state index in [9.17, 15) is 4.39 Å². The molecule has 0 aliphatic carbocycles. The van der Waals surface area contributed by atoms with Gasteiger partial charge in [-0.1, -0.05) is 12.1 Å². The number of anilines is 1. The highest BCUT2D eigenvalue weighted by molar-refractivity contribution is 7.09. The van der Waals surface area contributed by atoms with Crippen molar-refractivity contribution in [3.63, 3.8) is 0 Å².